The summed E-state index contributed by atoms with van der Waals surface area (Å²) in [7, 11) is 0. The van der Waals surface area contributed by atoms with Crippen LogP contribution in [0.3, 0.4) is 0 Å². The SMILES string of the molecule is O=C(CCCN1C(=O)c2cccc3cccc(c23)C1=O)NCCNc1nc2ccccc2s1. The largest absolute Gasteiger partial charge is 0.360 e. The molecule has 5 rings (SSSR count). The van der Waals surface area contributed by atoms with Crippen LogP contribution in [0.2, 0.25) is 0 Å². The number of thiazole rings is 1. The highest BCUT2D eigenvalue weighted by atomic mass is 32.1. The Morgan fingerprint density at radius 1 is 0.909 bits per heavy atom. The molecule has 0 radical (unpaired) electrons. The number of benzene rings is 3. The first-order valence-corrected chi connectivity index (χ1v) is 11.7. The van der Waals surface area contributed by atoms with E-state index in [1.165, 1.54) is 4.90 Å². The maximum absolute atomic E-state index is 12.9. The van der Waals surface area contributed by atoms with Gasteiger partial charge in [0.2, 0.25) is 5.91 Å². The zero-order valence-electron chi connectivity index (χ0n) is 17.8. The van der Waals surface area contributed by atoms with Crippen LogP contribution >= 0.6 is 11.3 Å². The molecule has 166 valence electrons. The van der Waals surface area contributed by atoms with Gasteiger partial charge in [-0.2, -0.15) is 0 Å². The summed E-state index contributed by atoms with van der Waals surface area (Å²) in [6.45, 7) is 1.24. The molecular weight excluding hydrogens is 436 g/mol. The van der Waals surface area contributed by atoms with Crippen LogP contribution in [-0.4, -0.2) is 47.2 Å². The third kappa shape index (κ3) is 4.17. The molecule has 0 fully saturated rings. The topological polar surface area (TPSA) is 91.4 Å². The minimum absolute atomic E-state index is 0.111. The number of amides is 3. The molecule has 2 N–H and O–H groups in total. The van der Waals surface area contributed by atoms with E-state index in [0.717, 1.165) is 20.7 Å². The number of nitrogens with zero attached hydrogens (tertiary/aromatic N) is 2. The van der Waals surface area contributed by atoms with Gasteiger partial charge in [0, 0.05) is 42.6 Å². The number of hydrogen-bond donors (Lipinski definition) is 2. The van der Waals surface area contributed by atoms with Crippen molar-refractivity contribution in [2.45, 2.75) is 12.8 Å². The Balaban J connectivity index is 1.10. The molecule has 33 heavy (non-hydrogen) atoms. The molecule has 4 aromatic rings. The van der Waals surface area contributed by atoms with Crippen LogP contribution in [0.25, 0.3) is 21.0 Å². The Labute approximate surface area is 194 Å². The van der Waals surface area contributed by atoms with E-state index in [0.29, 0.717) is 36.0 Å². The van der Waals surface area contributed by atoms with Crippen LogP contribution in [0.4, 0.5) is 5.13 Å². The Bertz CT molecular complexity index is 1300. The van der Waals surface area contributed by atoms with Gasteiger partial charge in [-0.3, -0.25) is 19.3 Å². The third-order valence-electron chi connectivity index (χ3n) is 5.66. The molecule has 2 heterocycles. The first-order chi connectivity index (χ1) is 16.1. The molecule has 1 aliphatic rings. The summed E-state index contributed by atoms with van der Waals surface area (Å²) >= 11 is 1.58. The number of imide groups is 1. The number of carbonyl (C=O) groups excluding carboxylic acids is 3. The van der Waals surface area contributed by atoms with E-state index in [4.69, 9.17) is 0 Å². The minimum Gasteiger partial charge on any atom is -0.360 e. The molecule has 1 aliphatic heterocycles. The van der Waals surface area contributed by atoms with E-state index in [1.54, 1.807) is 23.5 Å². The van der Waals surface area contributed by atoms with E-state index in [-0.39, 0.29) is 30.7 Å². The van der Waals surface area contributed by atoms with E-state index in [1.807, 2.05) is 48.5 Å². The first kappa shape index (κ1) is 21.1. The molecule has 3 amide bonds. The molecule has 3 aromatic carbocycles. The van der Waals surface area contributed by atoms with Gasteiger partial charge in [0.1, 0.15) is 0 Å². The summed E-state index contributed by atoms with van der Waals surface area (Å²) in [6.07, 6.45) is 0.650. The summed E-state index contributed by atoms with van der Waals surface area (Å²) < 4.78 is 1.12. The summed E-state index contributed by atoms with van der Waals surface area (Å²) in [5.41, 5.74) is 2.02. The highest BCUT2D eigenvalue weighted by Gasteiger charge is 2.32. The molecule has 0 spiro atoms. The highest BCUT2D eigenvalue weighted by molar-refractivity contribution is 7.22. The van der Waals surface area contributed by atoms with Gasteiger partial charge in [-0.15, -0.1) is 0 Å². The number of fused-ring (bicyclic) bond motifs is 1. The lowest BCUT2D eigenvalue weighted by Gasteiger charge is -2.27. The Hall–Kier alpha value is -3.78. The van der Waals surface area contributed by atoms with Gasteiger partial charge < -0.3 is 10.6 Å². The summed E-state index contributed by atoms with van der Waals surface area (Å²) in [4.78, 5) is 43.7. The Morgan fingerprint density at radius 3 is 2.36 bits per heavy atom. The minimum atomic E-state index is -0.301. The van der Waals surface area contributed by atoms with Crippen LogP contribution in [0.5, 0.6) is 0 Å². The Morgan fingerprint density at radius 2 is 1.64 bits per heavy atom. The summed E-state index contributed by atoms with van der Waals surface area (Å²) in [5, 5.41) is 8.50. The molecule has 0 atom stereocenters. The van der Waals surface area contributed by atoms with Crippen molar-refractivity contribution >= 4 is 55.2 Å². The molecule has 8 heteroatoms. The molecule has 0 bridgehead atoms. The number of para-hydroxylation sites is 1. The van der Waals surface area contributed by atoms with Gasteiger partial charge in [-0.05, 0) is 36.1 Å². The third-order valence-corrected chi connectivity index (χ3v) is 6.65. The van der Waals surface area contributed by atoms with Gasteiger partial charge >= 0.3 is 0 Å². The number of anilines is 1. The van der Waals surface area contributed by atoms with Gasteiger partial charge in [-0.1, -0.05) is 47.7 Å². The second kappa shape index (κ2) is 8.99. The quantitative estimate of drug-likeness (QED) is 0.307. The average molecular weight is 459 g/mol. The maximum atomic E-state index is 12.9. The fourth-order valence-corrected chi connectivity index (χ4v) is 4.98. The van der Waals surface area contributed by atoms with E-state index < -0.39 is 0 Å². The van der Waals surface area contributed by atoms with Crippen LogP contribution in [0.1, 0.15) is 33.6 Å². The normalized spacial score (nSPS) is 13.0. The van der Waals surface area contributed by atoms with Crippen molar-refractivity contribution in [3.05, 3.63) is 71.8 Å². The number of aromatic nitrogens is 1. The van der Waals surface area contributed by atoms with Crippen molar-refractivity contribution in [3.8, 4) is 0 Å². The summed E-state index contributed by atoms with van der Waals surface area (Å²) in [6, 6.07) is 18.9. The monoisotopic (exact) mass is 458 g/mol. The molecule has 1 aromatic heterocycles. The number of carbonyl (C=O) groups is 3. The van der Waals surface area contributed by atoms with Crippen LogP contribution < -0.4 is 10.6 Å². The number of rotatable bonds is 8. The predicted molar refractivity (Wildman–Crippen MR) is 130 cm³/mol. The zero-order valence-corrected chi connectivity index (χ0v) is 18.7. The fourth-order valence-electron chi connectivity index (χ4n) is 4.09. The van der Waals surface area contributed by atoms with Gasteiger partial charge in [0.25, 0.3) is 11.8 Å². The van der Waals surface area contributed by atoms with Gasteiger partial charge in [-0.25, -0.2) is 4.98 Å². The lowest BCUT2D eigenvalue weighted by molar-refractivity contribution is -0.121. The highest BCUT2D eigenvalue weighted by Crippen LogP contribution is 2.30. The number of nitrogens with one attached hydrogen (secondary N) is 2. The van der Waals surface area contributed by atoms with Crippen molar-refractivity contribution in [2.75, 3.05) is 25.0 Å². The molecule has 7 nitrogen and oxygen atoms in total. The lowest BCUT2D eigenvalue weighted by atomic mass is 9.94. The van der Waals surface area contributed by atoms with Crippen molar-refractivity contribution in [1.29, 1.82) is 0 Å². The lowest BCUT2D eigenvalue weighted by Crippen LogP contribution is -2.41. The maximum Gasteiger partial charge on any atom is 0.261 e. The molecule has 0 aliphatic carbocycles. The molecule has 0 unspecified atom stereocenters. The molecular formula is C25H22N4O3S. The average Bonchev–Trinajstić information content (AvgIpc) is 3.25. The zero-order chi connectivity index (χ0) is 22.8. The van der Waals surface area contributed by atoms with Gasteiger partial charge in [0.15, 0.2) is 5.13 Å². The smallest absolute Gasteiger partial charge is 0.261 e. The van der Waals surface area contributed by atoms with E-state index >= 15 is 0 Å². The standard InChI is InChI=1S/C25H22N4O3S/c30-21(26-13-14-27-25-28-19-10-1-2-11-20(19)33-25)12-5-15-29-23(31)17-8-3-6-16-7-4-9-18(22(16)17)24(29)32/h1-4,6-11H,5,12-15H2,(H,26,30)(H,27,28). The summed E-state index contributed by atoms with van der Waals surface area (Å²) in [5.74, 6) is -0.713. The van der Waals surface area contributed by atoms with E-state index in [2.05, 4.69) is 15.6 Å². The van der Waals surface area contributed by atoms with Crippen molar-refractivity contribution in [3.63, 3.8) is 0 Å². The van der Waals surface area contributed by atoms with Crippen LogP contribution in [0, 0.1) is 0 Å². The fraction of sp³-hybridized carbons (Fsp3) is 0.200. The predicted octanol–water partition coefficient (Wildman–Crippen LogP) is 4.05. The van der Waals surface area contributed by atoms with Crippen molar-refractivity contribution in [1.82, 2.24) is 15.2 Å². The van der Waals surface area contributed by atoms with Crippen molar-refractivity contribution in [2.24, 2.45) is 0 Å². The van der Waals surface area contributed by atoms with Crippen LogP contribution in [0.15, 0.2) is 60.7 Å². The number of hydrogen-bond acceptors (Lipinski definition) is 6. The van der Waals surface area contributed by atoms with E-state index in [9.17, 15) is 14.4 Å². The Kier molecular flexibility index (Phi) is 5.75. The molecule has 0 saturated carbocycles. The van der Waals surface area contributed by atoms with Crippen LogP contribution in [-0.2, 0) is 4.79 Å². The second-order valence-corrected chi connectivity index (χ2v) is 8.87. The second-order valence-electron chi connectivity index (χ2n) is 7.84. The molecule has 0 saturated heterocycles. The van der Waals surface area contributed by atoms with Gasteiger partial charge in [0.05, 0.1) is 10.2 Å². The van der Waals surface area contributed by atoms with Crippen molar-refractivity contribution < 1.29 is 14.4 Å². The first-order valence-electron chi connectivity index (χ1n) is 10.9.